The van der Waals surface area contributed by atoms with Gasteiger partial charge in [0.15, 0.2) is 0 Å². The van der Waals surface area contributed by atoms with Crippen LogP contribution in [0.25, 0.3) is 0 Å². The Bertz CT molecular complexity index is 570. The van der Waals surface area contributed by atoms with E-state index in [-0.39, 0.29) is 0 Å². The maximum absolute atomic E-state index is 8.83. The average molecular weight is 253 g/mol. The summed E-state index contributed by atoms with van der Waals surface area (Å²) in [5, 5.41) is 8.83. The van der Waals surface area contributed by atoms with Crippen LogP contribution in [-0.4, -0.2) is 6.61 Å². The Morgan fingerprint density at radius 3 is 2.53 bits per heavy atom. The van der Waals surface area contributed by atoms with Gasteiger partial charge in [-0.25, -0.2) is 0 Å². The molecule has 0 atom stereocenters. The predicted octanol–water partition coefficient (Wildman–Crippen LogP) is 3.89. The Morgan fingerprint density at radius 2 is 1.84 bits per heavy atom. The molecule has 2 aromatic rings. The second-order valence-corrected chi connectivity index (χ2v) is 4.02. The van der Waals surface area contributed by atoms with Gasteiger partial charge in [-0.05, 0) is 42.8 Å². The normalized spacial score (nSPS) is 9.89. The molecule has 0 fully saturated rings. The Labute approximate surface area is 113 Å². The first-order valence-corrected chi connectivity index (χ1v) is 6.16. The molecule has 0 spiro atoms. The minimum absolute atomic E-state index is 0.588. The van der Waals surface area contributed by atoms with Crippen molar-refractivity contribution in [2.24, 2.45) is 0 Å². The summed E-state index contributed by atoms with van der Waals surface area (Å²) in [7, 11) is 0. The van der Waals surface area contributed by atoms with Gasteiger partial charge in [0.1, 0.15) is 11.5 Å². The molecule has 0 amide bonds. The molecule has 2 aromatic carbocycles. The zero-order valence-corrected chi connectivity index (χ0v) is 10.8. The first-order valence-electron chi connectivity index (χ1n) is 6.16. The largest absolute Gasteiger partial charge is 0.457 e. The van der Waals surface area contributed by atoms with Crippen molar-refractivity contribution in [3.8, 4) is 17.6 Å². The summed E-state index contributed by atoms with van der Waals surface area (Å²) in [6.07, 6.45) is 0. The Kier molecular flexibility index (Phi) is 4.54. The van der Waals surface area contributed by atoms with Gasteiger partial charge >= 0.3 is 0 Å². The van der Waals surface area contributed by atoms with Crippen molar-refractivity contribution in [3.63, 3.8) is 0 Å². The summed E-state index contributed by atoms with van der Waals surface area (Å²) >= 11 is 0. The highest BCUT2D eigenvalue weighted by atomic mass is 16.5. The molecule has 0 unspecified atom stereocenters. The molecule has 0 radical (unpaired) electrons. The standard InChI is InChI=1S/C16H15NO2/c1-2-18-12-13-6-8-15(9-7-13)19-16-5-3-4-14(10-16)11-17/h3-10H,2,12H2,1H3. The van der Waals surface area contributed by atoms with Gasteiger partial charge in [0, 0.05) is 6.61 Å². The van der Waals surface area contributed by atoms with Crippen LogP contribution in [0.4, 0.5) is 0 Å². The number of nitriles is 1. The van der Waals surface area contributed by atoms with Crippen molar-refractivity contribution in [1.29, 1.82) is 5.26 Å². The van der Waals surface area contributed by atoms with Crippen LogP contribution in [0, 0.1) is 11.3 Å². The molecule has 0 saturated heterocycles. The molecule has 0 aliphatic heterocycles. The number of rotatable bonds is 5. The third-order valence-electron chi connectivity index (χ3n) is 2.60. The van der Waals surface area contributed by atoms with E-state index in [9.17, 15) is 0 Å². The molecule has 3 nitrogen and oxygen atoms in total. The molecule has 3 heteroatoms. The minimum atomic E-state index is 0.588. The van der Waals surface area contributed by atoms with Crippen LogP contribution < -0.4 is 4.74 Å². The summed E-state index contributed by atoms with van der Waals surface area (Å²) in [4.78, 5) is 0. The van der Waals surface area contributed by atoms with Gasteiger partial charge in [-0.15, -0.1) is 0 Å². The van der Waals surface area contributed by atoms with E-state index >= 15 is 0 Å². The highest BCUT2D eigenvalue weighted by Gasteiger charge is 1.99. The number of ether oxygens (including phenoxy) is 2. The van der Waals surface area contributed by atoms with Crippen molar-refractivity contribution in [3.05, 3.63) is 59.7 Å². The van der Waals surface area contributed by atoms with E-state index in [2.05, 4.69) is 6.07 Å². The van der Waals surface area contributed by atoms with Gasteiger partial charge in [-0.2, -0.15) is 5.26 Å². The topological polar surface area (TPSA) is 42.2 Å². The van der Waals surface area contributed by atoms with Crippen molar-refractivity contribution in [2.75, 3.05) is 6.61 Å². The lowest BCUT2D eigenvalue weighted by Gasteiger charge is -2.07. The maximum atomic E-state index is 8.83. The van der Waals surface area contributed by atoms with E-state index in [0.29, 0.717) is 24.5 Å². The molecule has 0 aliphatic rings. The molecular weight excluding hydrogens is 238 g/mol. The Hall–Kier alpha value is -2.31. The third kappa shape index (κ3) is 3.84. The van der Waals surface area contributed by atoms with Crippen LogP contribution >= 0.6 is 0 Å². The molecule has 0 heterocycles. The fourth-order valence-electron chi connectivity index (χ4n) is 1.64. The highest BCUT2D eigenvalue weighted by molar-refractivity contribution is 5.39. The zero-order valence-electron chi connectivity index (χ0n) is 10.8. The summed E-state index contributed by atoms with van der Waals surface area (Å²) in [5.74, 6) is 1.41. The van der Waals surface area contributed by atoms with Crippen LogP contribution in [0.15, 0.2) is 48.5 Å². The van der Waals surface area contributed by atoms with Gasteiger partial charge in [0.25, 0.3) is 0 Å². The number of hydrogen-bond donors (Lipinski definition) is 0. The van der Waals surface area contributed by atoms with Crippen LogP contribution in [0.1, 0.15) is 18.1 Å². The lowest BCUT2D eigenvalue weighted by Crippen LogP contribution is -1.91. The van der Waals surface area contributed by atoms with Gasteiger partial charge < -0.3 is 9.47 Å². The Balaban J connectivity index is 2.04. The van der Waals surface area contributed by atoms with E-state index in [1.54, 1.807) is 18.2 Å². The first-order chi connectivity index (χ1) is 9.31. The fraction of sp³-hybridized carbons (Fsp3) is 0.188. The molecular formula is C16H15NO2. The highest BCUT2D eigenvalue weighted by Crippen LogP contribution is 2.22. The summed E-state index contributed by atoms with van der Waals surface area (Å²) in [6.45, 7) is 3.29. The minimum Gasteiger partial charge on any atom is -0.457 e. The second-order valence-electron chi connectivity index (χ2n) is 4.02. The molecule has 96 valence electrons. The SMILES string of the molecule is CCOCc1ccc(Oc2cccc(C#N)c2)cc1. The average Bonchev–Trinajstić information content (AvgIpc) is 2.47. The quantitative estimate of drug-likeness (QED) is 0.811. The molecule has 0 N–H and O–H groups in total. The molecule has 0 bridgehead atoms. The number of benzene rings is 2. The lowest BCUT2D eigenvalue weighted by atomic mass is 10.2. The number of hydrogen-bond acceptors (Lipinski definition) is 3. The Morgan fingerprint density at radius 1 is 1.05 bits per heavy atom. The molecule has 0 saturated carbocycles. The summed E-state index contributed by atoms with van der Waals surface area (Å²) in [5.41, 5.74) is 1.70. The van der Waals surface area contributed by atoms with Crippen molar-refractivity contribution >= 4 is 0 Å². The predicted molar refractivity (Wildman–Crippen MR) is 73.0 cm³/mol. The summed E-state index contributed by atoms with van der Waals surface area (Å²) < 4.78 is 11.0. The van der Waals surface area contributed by atoms with Crippen LogP contribution in [0.5, 0.6) is 11.5 Å². The number of nitrogens with zero attached hydrogens (tertiary/aromatic N) is 1. The van der Waals surface area contributed by atoms with Crippen molar-refractivity contribution < 1.29 is 9.47 Å². The maximum Gasteiger partial charge on any atom is 0.128 e. The van der Waals surface area contributed by atoms with Crippen LogP contribution in [-0.2, 0) is 11.3 Å². The molecule has 0 aromatic heterocycles. The van der Waals surface area contributed by atoms with E-state index in [1.165, 1.54) is 0 Å². The lowest BCUT2D eigenvalue weighted by molar-refractivity contribution is 0.134. The van der Waals surface area contributed by atoms with Gasteiger partial charge in [-0.3, -0.25) is 0 Å². The van der Waals surface area contributed by atoms with Crippen LogP contribution in [0.3, 0.4) is 0 Å². The zero-order chi connectivity index (χ0) is 13.5. The summed E-state index contributed by atoms with van der Waals surface area (Å²) in [6, 6.07) is 16.9. The van der Waals surface area contributed by atoms with Gasteiger partial charge in [0.2, 0.25) is 0 Å². The van der Waals surface area contributed by atoms with Crippen LogP contribution in [0.2, 0.25) is 0 Å². The van der Waals surface area contributed by atoms with Gasteiger partial charge in [0.05, 0.1) is 18.2 Å². The first kappa shape index (κ1) is 13.1. The molecule has 19 heavy (non-hydrogen) atoms. The van der Waals surface area contributed by atoms with E-state index in [4.69, 9.17) is 14.7 Å². The molecule has 2 rings (SSSR count). The van der Waals surface area contributed by atoms with Crippen molar-refractivity contribution in [1.82, 2.24) is 0 Å². The van der Waals surface area contributed by atoms with E-state index < -0.39 is 0 Å². The molecule has 0 aliphatic carbocycles. The van der Waals surface area contributed by atoms with E-state index in [1.807, 2.05) is 37.3 Å². The van der Waals surface area contributed by atoms with Crippen molar-refractivity contribution in [2.45, 2.75) is 13.5 Å². The second kappa shape index (κ2) is 6.58. The monoisotopic (exact) mass is 253 g/mol. The smallest absolute Gasteiger partial charge is 0.128 e. The third-order valence-corrected chi connectivity index (χ3v) is 2.60. The fourth-order valence-corrected chi connectivity index (χ4v) is 1.64. The van der Waals surface area contributed by atoms with E-state index in [0.717, 1.165) is 11.3 Å². The van der Waals surface area contributed by atoms with Gasteiger partial charge in [-0.1, -0.05) is 18.2 Å².